The van der Waals surface area contributed by atoms with Gasteiger partial charge < -0.3 is 55.9 Å². The number of aliphatic hydroxyl groups excluding tert-OH is 2. The van der Waals surface area contributed by atoms with Gasteiger partial charge in [0.05, 0.1) is 17.8 Å². The van der Waals surface area contributed by atoms with Gasteiger partial charge in [0.2, 0.25) is 22.9 Å². The molecular formula is C101H98F12N12O11. The minimum atomic E-state index is -4.57. The molecular weight excluding hydrogens is 1790 g/mol. The molecule has 0 bridgehead atoms. The van der Waals surface area contributed by atoms with Gasteiger partial charge in [-0.3, -0.25) is 37.4 Å². The quantitative estimate of drug-likeness (QED) is 0.0442. The summed E-state index contributed by atoms with van der Waals surface area (Å²) in [5, 5.41) is 29.4. The molecule has 0 amide bonds. The van der Waals surface area contributed by atoms with Crippen LogP contribution in [-0.4, -0.2) is 96.0 Å². The van der Waals surface area contributed by atoms with Crippen LogP contribution in [0.3, 0.4) is 0 Å². The molecule has 4 aliphatic carbocycles. The van der Waals surface area contributed by atoms with Crippen LogP contribution in [-0.2, 0) is 48.3 Å². The zero-order valence-electron chi connectivity index (χ0n) is 70.0. The fourth-order valence-corrected chi connectivity index (χ4v) is 17.9. The summed E-state index contributed by atoms with van der Waals surface area (Å²) < 4.78 is 182. The molecule has 0 atom stereocenters. The van der Waals surface area contributed by atoms with Crippen molar-refractivity contribution in [1.82, 2.24) is 38.2 Å². The third-order valence-electron chi connectivity index (χ3n) is 24.3. The van der Waals surface area contributed by atoms with E-state index in [-0.39, 0.29) is 79.6 Å². The number of aliphatic hydroxyl groups is 3. The van der Waals surface area contributed by atoms with Crippen LogP contribution >= 0.6 is 0 Å². The summed E-state index contributed by atoms with van der Waals surface area (Å²) in [5.74, 6) is 1.37. The highest BCUT2D eigenvalue weighted by Gasteiger charge is 2.50. The van der Waals surface area contributed by atoms with E-state index in [2.05, 4.69) is 19.9 Å². The lowest BCUT2D eigenvalue weighted by Gasteiger charge is -2.49. The first-order chi connectivity index (χ1) is 62.5. The molecule has 136 heavy (non-hydrogen) atoms. The van der Waals surface area contributed by atoms with Crippen LogP contribution < -0.4 is 45.2 Å². The van der Waals surface area contributed by atoms with Crippen LogP contribution in [0.25, 0.3) is 134 Å². The number of alkyl halides is 12. The van der Waals surface area contributed by atoms with Gasteiger partial charge in [-0.25, -0.2) is 19.9 Å². The molecule has 8 aromatic carbocycles. The van der Waals surface area contributed by atoms with Gasteiger partial charge in [0, 0.05) is 66.7 Å². The van der Waals surface area contributed by atoms with E-state index < -0.39 is 108 Å². The summed E-state index contributed by atoms with van der Waals surface area (Å²) in [6.45, 7) is -4.01. The second-order valence-electron chi connectivity index (χ2n) is 34.3. The van der Waals surface area contributed by atoms with Crippen molar-refractivity contribution in [2.24, 2.45) is 22.9 Å². The summed E-state index contributed by atoms with van der Waals surface area (Å²) in [6, 6.07) is 64.8. The van der Waals surface area contributed by atoms with E-state index in [1.54, 1.807) is 159 Å². The molecule has 0 spiro atoms. The van der Waals surface area contributed by atoms with E-state index in [4.69, 9.17) is 40.6 Å². The second-order valence-corrected chi connectivity index (χ2v) is 34.3. The van der Waals surface area contributed by atoms with Crippen molar-refractivity contribution in [3.8, 4) is 89.8 Å². The zero-order chi connectivity index (χ0) is 93.6. The molecule has 16 aromatic rings. The molecule has 35 heteroatoms. The number of benzene rings is 8. The molecule has 8 aromatic heterocycles. The standard InChI is InChI=1S/C25H22F3N3O3.2C24H20F3N3O3.C24H20F3N3O2.4CH4/c1-23(33)11-24(29,12-23)17-9-7-16(8-10-17)20-18(15-5-3-2-4-6-15)19-21(34-20)30-14-31(22(19)32)13-25(26,27)28;2*25-24(26,27)12-30-13-29-21-19(22(30)32)18(14-4-2-1-3-5-14)20(33-21)15-6-8-16(9-7-15)23(28)10-17(31)11-23;25-24(26,27)13-30-14-29-21-19(22(30)31)18(15-5-2-1-3-6-15)20(32-21)16-7-9-17(10-8-16)23(28)11-4-12-23;;;;/h2-10,14,33H,11-13,29H2,1H3;2*1-9,13,17,31H,10-12,28H2;1-3,5-10,14H,4,11-13,28H2;4*1H4. The normalized spacial score (nSPS) is 19.4. The molecule has 20 rings (SSSR count). The van der Waals surface area contributed by atoms with Crippen molar-refractivity contribution in [2.75, 3.05) is 0 Å². The third kappa shape index (κ3) is 20.3. The topological polar surface area (TPSA) is 357 Å². The molecule has 11 N–H and O–H groups in total. The number of hydrogen-bond acceptors (Lipinski definition) is 19. The molecule has 0 saturated heterocycles. The first-order valence-electron chi connectivity index (χ1n) is 41.7. The van der Waals surface area contributed by atoms with Crippen LogP contribution in [0.15, 0.2) is 281 Å². The Balaban J connectivity index is 0.000000152. The number of furan rings is 4. The van der Waals surface area contributed by atoms with Gasteiger partial charge in [0.15, 0.2) is 0 Å². The van der Waals surface area contributed by atoms with E-state index in [9.17, 15) is 87.2 Å². The Morgan fingerprint density at radius 2 is 0.529 bits per heavy atom. The Morgan fingerprint density at radius 1 is 0.324 bits per heavy atom. The predicted octanol–water partition coefficient (Wildman–Crippen LogP) is 20.7. The van der Waals surface area contributed by atoms with Crippen LogP contribution in [0.2, 0.25) is 0 Å². The summed E-state index contributed by atoms with van der Waals surface area (Å²) in [7, 11) is 0. The predicted molar refractivity (Wildman–Crippen MR) is 495 cm³/mol. The maximum absolute atomic E-state index is 13.1. The van der Waals surface area contributed by atoms with Crippen molar-refractivity contribution in [3.05, 3.63) is 307 Å². The minimum Gasteiger partial charge on any atom is -0.437 e. The SMILES string of the molecule is C.C.C.C.CC1(O)CC(N)(c2ccc(-c3oc4ncn(CC(F)(F)F)c(=O)c4c3-c3ccccc3)cc2)C1.NC1(c2ccc(-c3oc4ncn(CC(F)(F)F)c(=O)c4c3-c3ccccc3)cc2)CC(O)C1.NC1(c2ccc(-c3oc4ncn(CC(F)(F)F)c(=O)c4c3-c3ccccc3)cc2)CC(O)C1.NC1(c2ccc(-c3oc4ncn(CC(F)(F)F)c(=O)c4c3-c3ccccc3)cc2)CCC1. The van der Waals surface area contributed by atoms with E-state index in [0.29, 0.717) is 147 Å². The largest absolute Gasteiger partial charge is 0.437 e. The van der Waals surface area contributed by atoms with Crippen LogP contribution in [0.1, 0.15) is 117 Å². The number of nitrogens with two attached hydrogens (primary N) is 4. The molecule has 0 radical (unpaired) electrons. The highest BCUT2D eigenvalue weighted by molar-refractivity contribution is 6.03. The molecule has 0 aliphatic heterocycles. The Hall–Kier alpha value is -13.7. The lowest BCUT2D eigenvalue weighted by atomic mass is 9.63. The molecule has 712 valence electrons. The Labute approximate surface area is 770 Å². The zero-order valence-corrected chi connectivity index (χ0v) is 70.0. The first kappa shape index (κ1) is 99.8. The first-order valence-corrected chi connectivity index (χ1v) is 41.7. The number of hydrogen-bond donors (Lipinski definition) is 7. The third-order valence-corrected chi connectivity index (χ3v) is 24.3. The molecule has 4 aliphatic rings. The average Bonchev–Trinajstić information content (AvgIpc) is 1.54. The van der Waals surface area contributed by atoms with E-state index in [1.807, 2.05) is 66.7 Å². The van der Waals surface area contributed by atoms with Gasteiger partial charge in [-0.15, -0.1) is 0 Å². The van der Waals surface area contributed by atoms with Crippen molar-refractivity contribution >= 4 is 44.4 Å². The van der Waals surface area contributed by atoms with Crippen molar-refractivity contribution in [1.29, 1.82) is 0 Å². The monoisotopic (exact) mass is 1880 g/mol. The van der Waals surface area contributed by atoms with Gasteiger partial charge in [-0.2, -0.15) is 52.7 Å². The molecule has 0 unspecified atom stereocenters. The summed E-state index contributed by atoms with van der Waals surface area (Å²) in [4.78, 5) is 68.2. The fourth-order valence-electron chi connectivity index (χ4n) is 17.9. The summed E-state index contributed by atoms with van der Waals surface area (Å²) in [6.07, 6.45) is -9.98. The second kappa shape index (κ2) is 37.9. The Kier molecular flexibility index (Phi) is 27.8. The number of nitrogens with zero attached hydrogens (tertiary/aromatic N) is 8. The summed E-state index contributed by atoms with van der Waals surface area (Å²) >= 11 is 0. The van der Waals surface area contributed by atoms with Crippen molar-refractivity contribution < 1.29 is 85.7 Å². The van der Waals surface area contributed by atoms with E-state index >= 15 is 0 Å². The van der Waals surface area contributed by atoms with Gasteiger partial charge >= 0.3 is 24.7 Å². The molecule has 23 nitrogen and oxygen atoms in total. The van der Waals surface area contributed by atoms with E-state index in [1.165, 1.54) is 0 Å². The highest BCUT2D eigenvalue weighted by Crippen LogP contribution is 2.50. The minimum absolute atomic E-state index is 0. The molecule has 8 heterocycles. The molecule has 4 fully saturated rings. The number of aromatic nitrogens is 8. The van der Waals surface area contributed by atoms with Crippen molar-refractivity contribution in [2.45, 2.75) is 185 Å². The van der Waals surface area contributed by atoms with Gasteiger partial charge in [0.25, 0.3) is 22.2 Å². The average molecular weight is 1880 g/mol. The lowest BCUT2D eigenvalue weighted by Crippen LogP contribution is -2.58. The van der Waals surface area contributed by atoms with Crippen LogP contribution in [0.5, 0.6) is 0 Å². The number of fused-ring (bicyclic) bond motifs is 4. The molecule has 4 saturated carbocycles. The van der Waals surface area contributed by atoms with Gasteiger partial charge in [0.1, 0.15) is 96.1 Å². The van der Waals surface area contributed by atoms with Crippen molar-refractivity contribution in [3.63, 3.8) is 0 Å². The van der Waals surface area contributed by atoms with Gasteiger partial charge in [-0.05, 0) is 109 Å². The van der Waals surface area contributed by atoms with Gasteiger partial charge in [-0.1, -0.05) is 248 Å². The lowest BCUT2D eigenvalue weighted by molar-refractivity contribution is -0.142. The smallest absolute Gasteiger partial charge is 0.406 e. The van der Waals surface area contributed by atoms with E-state index in [0.717, 1.165) is 66.8 Å². The fraction of sp³-hybridized carbons (Fsp3) is 0.287. The number of rotatable bonds is 16. The maximum atomic E-state index is 13.1. The Morgan fingerprint density at radius 3 is 0.713 bits per heavy atom. The summed E-state index contributed by atoms with van der Waals surface area (Å²) in [5.41, 5.74) is 29.5. The van der Waals surface area contributed by atoms with Crippen LogP contribution in [0.4, 0.5) is 52.7 Å². The van der Waals surface area contributed by atoms with Crippen LogP contribution in [0, 0.1) is 0 Å². The maximum Gasteiger partial charge on any atom is 0.406 e. The Bertz CT molecular complexity index is 7000. The highest BCUT2D eigenvalue weighted by atomic mass is 19.4. The number of halogens is 12.